The molecule has 76 heavy (non-hydrogen) atoms. The summed E-state index contributed by atoms with van der Waals surface area (Å²) in [7, 11) is -0.222. The quantitative estimate of drug-likeness (QED) is 0.0714. The molecular formula is C66H108N4O2Si2Y2-4. The van der Waals surface area contributed by atoms with Gasteiger partial charge in [-0.25, -0.2) is 0 Å². The van der Waals surface area contributed by atoms with Crippen molar-refractivity contribution < 1.29 is 75.6 Å². The van der Waals surface area contributed by atoms with E-state index in [0.717, 1.165) is 59.8 Å². The Hall–Kier alpha value is -1.88. The fraction of sp³-hybridized carbons (Fsp3) is 0.545. The van der Waals surface area contributed by atoms with Gasteiger partial charge in [0.2, 0.25) is 0 Å². The Labute approximate surface area is 522 Å². The minimum atomic E-state index is -0.861. The Morgan fingerprint density at radius 1 is 0.303 bits per heavy atom. The number of rotatable bonds is 14. The van der Waals surface area contributed by atoms with Crippen molar-refractivity contribution in [1.29, 1.82) is 0 Å². The van der Waals surface area contributed by atoms with Crippen molar-refractivity contribution in [2.45, 2.75) is 225 Å². The van der Waals surface area contributed by atoms with E-state index in [1.54, 1.807) is 0 Å². The number of para-hydroxylation sites is 4. The molecule has 0 aliphatic carbocycles. The molecule has 4 aromatic carbocycles. The summed E-state index contributed by atoms with van der Waals surface area (Å²) in [5, 5.41) is 16.5. The number of nitrogens with zero attached hydrogens (tertiary/aromatic N) is 4. The SMILES string of the molecule is CC(=Nc1c(C(C)C)cccc1C(C)C)C(C)=Nc1c(C(C)C)cccc1C(C)C.CC(=Nc1c(C(C)C)cccc1C(C)C)C(C)=Nc1c(C(C)C)cccc1C(C)C.C[O-].C[O-].[CH2-][Si](C)(C)C.[CH2-][Si](C)(C)C.[Y].[Y]. The first-order chi connectivity index (χ1) is 34.1. The molecule has 0 N–H and O–H groups in total. The molecule has 0 unspecified atom stereocenters. The number of benzene rings is 4. The van der Waals surface area contributed by atoms with E-state index >= 15 is 0 Å². The molecule has 0 spiro atoms. The average Bonchev–Trinajstić information content (AvgIpc) is 3.28. The second kappa shape index (κ2) is 39.5. The Morgan fingerprint density at radius 2 is 0.395 bits per heavy atom. The van der Waals surface area contributed by atoms with E-state index in [2.05, 4.69) is 264 Å². The molecule has 10 heteroatoms. The Kier molecular flexibility index (Phi) is 41.9. The zero-order valence-corrected chi connectivity index (χ0v) is 61.4. The molecular weight excluding hydrogens is 1110 g/mol. The van der Waals surface area contributed by atoms with E-state index in [-0.39, 0.29) is 65.4 Å². The van der Waals surface area contributed by atoms with Crippen molar-refractivity contribution in [3.8, 4) is 0 Å². The molecule has 0 bridgehead atoms. The Balaban J connectivity index is -0.000000536. The van der Waals surface area contributed by atoms with Crippen LogP contribution in [0.1, 0.15) is 230 Å². The summed E-state index contributed by atoms with van der Waals surface area (Å²) in [6.07, 6.45) is 0. The maximum Gasteiger partial charge on any atom is 0.0702 e. The first kappa shape index (κ1) is 80.6. The standard InChI is InChI=1S/2C28H40N2.2C4H11Si.2CH3O.2Y/c2*1-17(2)23-13-11-14-24(18(3)4)27(23)29-21(9)22(10)30-28-25(19(5)6)15-12-16-26(28)20(7)8;2*1-5(2,3)4;2*1-2;;/h2*11-20H,1-10H3;2*1H2,2-4H3;2*1H3;;/q;;4*-1;;. The van der Waals surface area contributed by atoms with Gasteiger partial charge in [0.05, 0.1) is 45.6 Å². The van der Waals surface area contributed by atoms with Crippen LogP contribution in [0.15, 0.2) is 92.8 Å². The summed E-state index contributed by atoms with van der Waals surface area (Å²) in [6, 6.07) is 26.3. The minimum Gasteiger partial charge on any atom is -0.857 e. The van der Waals surface area contributed by atoms with Crippen molar-refractivity contribution in [2.24, 2.45) is 20.0 Å². The van der Waals surface area contributed by atoms with Gasteiger partial charge in [-0.2, -0.15) is 14.2 Å². The third-order valence-corrected chi connectivity index (χ3v) is 11.5. The smallest absolute Gasteiger partial charge is 0.0702 e. The van der Waals surface area contributed by atoms with Crippen molar-refractivity contribution in [3.63, 3.8) is 0 Å². The predicted molar refractivity (Wildman–Crippen MR) is 339 cm³/mol. The Morgan fingerprint density at radius 3 is 0.474 bits per heavy atom. The number of aliphatic imine (C=N–C) groups is 4. The molecule has 2 radical (unpaired) electrons. The molecule has 0 saturated carbocycles. The van der Waals surface area contributed by atoms with Crippen LogP contribution in [0.25, 0.3) is 0 Å². The second-order valence-electron chi connectivity index (χ2n) is 24.3. The van der Waals surface area contributed by atoms with E-state index < -0.39 is 16.1 Å². The van der Waals surface area contributed by atoms with Gasteiger partial charge < -0.3 is 23.3 Å². The van der Waals surface area contributed by atoms with Crippen molar-refractivity contribution in [1.82, 2.24) is 0 Å². The molecule has 422 valence electrons. The predicted octanol–water partition coefficient (Wildman–Crippen LogP) is 19.5. The third-order valence-electron chi connectivity index (χ3n) is 11.5. The summed E-state index contributed by atoms with van der Waals surface area (Å²) in [5.74, 6) is 3.46. The fourth-order valence-electron chi connectivity index (χ4n) is 7.56. The van der Waals surface area contributed by atoms with Crippen LogP contribution in [-0.2, 0) is 65.4 Å². The van der Waals surface area contributed by atoms with Crippen LogP contribution in [0.2, 0.25) is 39.3 Å². The van der Waals surface area contributed by atoms with Crippen LogP contribution in [0.5, 0.6) is 0 Å². The van der Waals surface area contributed by atoms with Crippen molar-refractivity contribution in [2.75, 3.05) is 14.2 Å². The van der Waals surface area contributed by atoms with Crippen LogP contribution < -0.4 is 10.2 Å². The molecule has 0 atom stereocenters. The molecule has 0 aliphatic heterocycles. The Bertz CT molecular complexity index is 1960. The molecule has 4 aromatic rings. The van der Waals surface area contributed by atoms with Crippen LogP contribution in [0.3, 0.4) is 0 Å². The van der Waals surface area contributed by atoms with Crippen LogP contribution in [-0.4, -0.2) is 53.2 Å². The van der Waals surface area contributed by atoms with E-state index in [0.29, 0.717) is 47.3 Å². The molecule has 0 heterocycles. The van der Waals surface area contributed by atoms with Gasteiger partial charge in [-0.3, -0.25) is 20.0 Å². The van der Waals surface area contributed by atoms with Crippen LogP contribution >= 0.6 is 0 Å². The summed E-state index contributed by atoms with van der Waals surface area (Å²) in [6.45, 7) is 65.3. The van der Waals surface area contributed by atoms with Gasteiger partial charge in [0.15, 0.2) is 0 Å². The number of hydrogen-bond donors (Lipinski definition) is 0. The average molecular weight is 1220 g/mol. The number of hydrogen-bond acceptors (Lipinski definition) is 6. The molecule has 0 aliphatic rings. The normalized spacial score (nSPS) is 12.2. The summed E-state index contributed by atoms with van der Waals surface area (Å²) in [4.78, 5) is 20.5. The zero-order valence-electron chi connectivity index (χ0n) is 53.7. The summed E-state index contributed by atoms with van der Waals surface area (Å²) in [5.41, 5.74) is 18.9. The van der Waals surface area contributed by atoms with Gasteiger partial charge in [0, 0.05) is 65.4 Å². The van der Waals surface area contributed by atoms with Gasteiger partial charge in [-0.15, -0.1) is 16.1 Å². The maximum atomic E-state index is 8.25. The van der Waals surface area contributed by atoms with E-state index in [1.165, 1.54) is 44.5 Å². The summed E-state index contributed by atoms with van der Waals surface area (Å²) >= 11 is 0. The fourth-order valence-corrected chi connectivity index (χ4v) is 7.56. The topological polar surface area (TPSA) is 95.6 Å². The van der Waals surface area contributed by atoms with Gasteiger partial charge in [-0.05, 0) is 120 Å². The van der Waals surface area contributed by atoms with E-state index in [4.69, 9.17) is 30.2 Å². The molecule has 6 nitrogen and oxygen atoms in total. The first-order valence-electron chi connectivity index (χ1n) is 27.3. The minimum absolute atomic E-state index is 0. The molecule has 0 fully saturated rings. The molecule has 0 amide bonds. The van der Waals surface area contributed by atoms with Gasteiger partial charge in [0.1, 0.15) is 0 Å². The van der Waals surface area contributed by atoms with Crippen LogP contribution in [0.4, 0.5) is 22.7 Å². The molecule has 4 rings (SSSR count). The van der Waals surface area contributed by atoms with Crippen LogP contribution in [0, 0.1) is 13.1 Å². The molecule has 0 aromatic heterocycles. The first-order valence-corrected chi connectivity index (χ1v) is 34.7. The zero-order chi connectivity index (χ0) is 58.2. The van der Waals surface area contributed by atoms with Gasteiger partial charge >= 0.3 is 0 Å². The van der Waals surface area contributed by atoms with Gasteiger partial charge in [0.25, 0.3) is 0 Å². The van der Waals surface area contributed by atoms with E-state index in [9.17, 15) is 0 Å². The van der Waals surface area contributed by atoms with Gasteiger partial charge in [-0.1, -0.05) is 223 Å². The third kappa shape index (κ3) is 30.1. The second-order valence-corrected chi connectivity index (χ2v) is 34.5. The summed E-state index contributed by atoms with van der Waals surface area (Å²) < 4.78 is 0. The van der Waals surface area contributed by atoms with Crippen molar-refractivity contribution in [3.05, 3.63) is 130 Å². The maximum absolute atomic E-state index is 8.25. The largest absolute Gasteiger partial charge is 0.857 e. The van der Waals surface area contributed by atoms with E-state index in [1.807, 2.05) is 0 Å². The van der Waals surface area contributed by atoms with Crippen molar-refractivity contribution >= 4 is 61.7 Å². The molecule has 0 saturated heterocycles. The monoisotopic (exact) mass is 1220 g/mol.